The fourth-order valence-electron chi connectivity index (χ4n) is 2.00. The fourth-order valence-corrected chi connectivity index (χ4v) is 2.00. The van der Waals surface area contributed by atoms with Crippen LogP contribution in [0, 0.1) is 31.0 Å². The van der Waals surface area contributed by atoms with Crippen LogP contribution in [-0.4, -0.2) is 16.7 Å². The highest BCUT2D eigenvalue weighted by molar-refractivity contribution is 5.95. The topological polar surface area (TPSA) is 70.2 Å². The van der Waals surface area contributed by atoms with Crippen LogP contribution in [0.1, 0.15) is 32.9 Å². The molecule has 1 heterocycles. The minimum Gasteiger partial charge on any atom is -0.352 e. The van der Waals surface area contributed by atoms with Crippen LogP contribution in [-0.2, 0) is 7.05 Å². The van der Waals surface area contributed by atoms with Crippen LogP contribution in [0.25, 0.3) is 0 Å². The van der Waals surface area contributed by atoms with Gasteiger partial charge in [0.1, 0.15) is 5.82 Å². The van der Waals surface area contributed by atoms with Crippen molar-refractivity contribution in [3.63, 3.8) is 0 Å². The number of carbonyl (C=O) groups excluding carboxylic acids is 1. The molecule has 2 aromatic rings. The third-order valence-corrected chi connectivity index (χ3v) is 3.53. The van der Waals surface area contributed by atoms with Gasteiger partial charge in [0.05, 0.1) is 23.4 Å². The molecule has 0 fully saturated rings. The second kappa shape index (κ2) is 6.22. The zero-order valence-electron chi connectivity index (χ0n) is 12.5. The third-order valence-electron chi connectivity index (χ3n) is 3.53. The number of hydrogen-bond acceptors (Lipinski definition) is 3. The van der Waals surface area contributed by atoms with Crippen molar-refractivity contribution >= 4 is 12.1 Å². The van der Waals surface area contributed by atoms with E-state index in [1.807, 2.05) is 37.6 Å². The van der Waals surface area contributed by atoms with Gasteiger partial charge in [0.25, 0.3) is 5.91 Å². The summed E-state index contributed by atoms with van der Waals surface area (Å²) in [6.45, 7) is 3.91. The first-order valence-corrected chi connectivity index (χ1v) is 6.60. The molecule has 5 nitrogen and oxygen atoms in total. The number of hydrogen-bond donors (Lipinski definition) is 1. The Balaban J connectivity index is 2.11. The lowest BCUT2D eigenvalue weighted by Crippen LogP contribution is -2.19. The van der Waals surface area contributed by atoms with Gasteiger partial charge in [0.15, 0.2) is 0 Å². The molecule has 0 spiro atoms. The molecule has 0 bridgehead atoms. The van der Waals surface area contributed by atoms with E-state index >= 15 is 0 Å². The van der Waals surface area contributed by atoms with Gasteiger partial charge in [-0.05, 0) is 38.1 Å². The molecule has 1 aromatic carbocycles. The van der Waals surface area contributed by atoms with Gasteiger partial charge in [0, 0.05) is 24.0 Å². The number of nitrogens with one attached hydrogen (secondary N) is 1. The number of benzene rings is 1. The summed E-state index contributed by atoms with van der Waals surface area (Å²) >= 11 is 0. The summed E-state index contributed by atoms with van der Waals surface area (Å²) in [6, 6.07) is 7.41. The number of aromatic nitrogens is 1. The predicted octanol–water partition coefficient (Wildman–Crippen LogP) is 2.42. The molecule has 0 atom stereocenters. The quantitative estimate of drug-likeness (QED) is 0.698. The van der Waals surface area contributed by atoms with E-state index in [2.05, 4.69) is 10.5 Å². The van der Waals surface area contributed by atoms with Gasteiger partial charge < -0.3 is 4.57 Å². The van der Waals surface area contributed by atoms with Crippen LogP contribution in [0.15, 0.2) is 29.4 Å². The normalized spacial score (nSPS) is 10.7. The zero-order valence-corrected chi connectivity index (χ0v) is 12.5. The molecule has 0 aliphatic carbocycles. The maximum absolute atomic E-state index is 13.7. The van der Waals surface area contributed by atoms with Gasteiger partial charge >= 0.3 is 0 Å². The number of rotatable bonds is 3. The first kappa shape index (κ1) is 15.4. The summed E-state index contributed by atoms with van der Waals surface area (Å²) in [7, 11) is 1.94. The molecule has 1 aromatic heterocycles. The molecule has 0 aliphatic heterocycles. The highest BCUT2D eigenvalue weighted by atomic mass is 19.1. The number of carbonyl (C=O) groups is 1. The zero-order chi connectivity index (χ0) is 16.3. The predicted molar refractivity (Wildman–Crippen MR) is 81.1 cm³/mol. The van der Waals surface area contributed by atoms with Gasteiger partial charge in [-0.2, -0.15) is 10.4 Å². The molecule has 1 amide bonds. The maximum Gasteiger partial charge on any atom is 0.274 e. The smallest absolute Gasteiger partial charge is 0.274 e. The number of amides is 1. The maximum atomic E-state index is 13.7. The van der Waals surface area contributed by atoms with Crippen molar-refractivity contribution in [3.8, 4) is 6.07 Å². The summed E-state index contributed by atoms with van der Waals surface area (Å²) in [5.74, 6) is -1.41. The Morgan fingerprint density at radius 3 is 2.68 bits per heavy atom. The SMILES string of the molecule is Cc1cc(/C=N/NC(=O)c2ccc(C#N)cc2F)c(C)n1C. The lowest BCUT2D eigenvalue weighted by Gasteiger charge is -2.02. The van der Waals surface area contributed by atoms with Crippen LogP contribution in [0.5, 0.6) is 0 Å². The highest BCUT2D eigenvalue weighted by Crippen LogP contribution is 2.11. The van der Waals surface area contributed by atoms with E-state index in [0.29, 0.717) is 0 Å². The van der Waals surface area contributed by atoms with Crippen LogP contribution < -0.4 is 5.43 Å². The molecule has 2 rings (SSSR count). The van der Waals surface area contributed by atoms with Crippen LogP contribution >= 0.6 is 0 Å². The minimum atomic E-state index is -0.751. The summed E-state index contributed by atoms with van der Waals surface area (Å²) in [5, 5.41) is 12.5. The number of nitriles is 1. The van der Waals surface area contributed by atoms with Gasteiger partial charge in [0.2, 0.25) is 0 Å². The van der Waals surface area contributed by atoms with Crippen LogP contribution in [0.4, 0.5) is 4.39 Å². The molecule has 0 aliphatic rings. The second-order valence-electron chi connectivity index (χ2n) is 4.89. The van der Waals surface area contributed by atoms with Crippen LogP contribution in [0.2, 0.25) is 0 Å². The van der Waals surface area contributed by atoms with Crippen molar-refractivity contribution in [2.45, 2.75) is 13.8 Å². The molecule has 0 radical (unpaired) electrons. The van der Waals surface area contributed by atoms with Crippen molar-refractivity contribution in [3.05, 3.63) is 58.2 Å². The standard InChI is InChI=1S/C16H15FN4O/c1-10-6-13(11(2)21(10)3)9-19-20-16(22)14-5-4-12(8-18)7-15(14)17/h4-7,9H,1-3H3,(H,20,22)/b19-9+. The first-order valence-electron chi connectivity index (χ1n) is 6.60. The molecule has 6 heteroatoms. The summed E-state index contributed by atoms with van der Waals surface area (Å²) in [4.78, 5) is 11.9. The molecule has 0 unspecified atom stereocenters. The highest BCUT2D eigenvalue weighted by Gasteiger charge is 2.11. The Morgan fingerprint density at radius 2 is 2.14 bits per heavy atom. The van der Waals surface area contributed by atoms with Crippen molar-refractivity contribution in [2.75, 3.05) is 0 Å². The number of hydrazone groups is 1. The molecule has 112 valence electrons. The van der Waals surface area contributed by atoms with Crippen molar-refractivity contribution in [1.82, 2.24) is 9.99 Å². The van der Waals surface area contributed by atoms with E-state index in [-0.39, 0.29) is 11.1 Å². The number of halogens is 1. The molecule has 1 N–H and O–H groups in total. The number of aryl methyl sites for hydroxylation is 1. The molecular formula is C16H15FN4O. The summed E-state index contributed by atoms with van der Waals surface area (Å²) in [5.41, 5.74) is 5.25. The van der Waals surface area contributed by atoms with Gasteiger partial charge in [-0.3, -0.25) is 4.79 Å². The van der Waals surface area contributed by atoms with E-state index in [1.165, 1.54) is 18.3 Å². The Labute approximate surface area is 127 Å². The molecule has 0 saturated carbocycles. The van der Waals surface area contributed by atoms with Gasteiger partial charge in [-0.1, -0.05) is 0 Å². The average molecular weight is 298 g/mol. The van der Waals surface area contributed by atoms with E-state index in [9.17, 15) is 9.18 Å². The van der Waals surface area contributed by atoms with Crippen molar-refractivity contribution in [2.24, 2.45) is 12.1 Å². The number of nitrogens with zero attached hydrogens (tertiary/aromatic N) is 3. The van der Waals surface area contributed by atoms with Gasteiger partial charge in [-0.15, -0.1) is 0 Å². The Morgan fingerprint density at radius 1 is 1.41 bits per heavy atom. The lowest BCUT2D eigenvalue weighted by molar-refractivity contribution is 0.0951. The largest absolute Gasteiger partial charge is 0.352 e. The second-order valence-corrected chi connectivity index (χ2v) is 4.89. The monoisotopic (exact) mass is 298 g/mol. The fraction of sp³-hybridized carbons (Fsp3) is 0.188. The molecule has 22 heavy (non-hydrogen) atoms. The van der Waals surface area contributed by atoms with Crippen molar-refractivity contribution in [1.29, 1.82) is 5.26 Å². The van der Waals surface area contributed by atoms with E-state index < -0.39 is 11.7 Å². The first-order chi connectivity index (χ1) is 10.4. The Kier molecular flexibility index (Phi) is 4.37. The summed E-state index contributed by atoms with van der Waals surface area (Å²) < 4.78 is 15.7. The average Bonchev–Trinajstić information content (AvgIpc) is 2.74. The lowest BCUT2D eigenvalue weighted by atomic mass is 10.1. The molecular weight excluding hydrogens is 283 g/mol. The van der Waals surface area contributed by atoms with E-state index in [0.717, 1.165) is 23.0 Å². The van der Waals surface area contributed by atoms with Gasteiger partial charge in [-0.25, -0.2) is 9.82 Å². The third kappa shape index (κ3) is 3.04. The van der Waals surface area contributed by atoms with E-state index in [1.54, 1.807) is 0 Å². The molecule has 0 saturated heterocycles. The summed E-state index contributed by atoms with van der Waals surface area (Å²) in [6.07, 6.45) is 1.52. The van der Waals surface area contributed by atoms with Crippen LogP contribution in [0.3, 0.4) is 0 Å². The Bertz CT molecular complexity index is 799. The van der Waals surface area contributed by atoms with Crippen molar-refractivity contribution < 1.29 is 9.18 Å². The Hall–Kier alpha value is -2.94. The minimum absolute atomic E-state index is 0.155. The van der Waals surface area contributed by atoms with E-state index in [4.69, 9.17) is 5.26 Å².